The van der Waals surface area contributed by atoms with Crippen molar-refractivity contribution in [3.63, 3.8) is 0 Å². The second kappa shape index (κ2) is 17.8. The molecule has 1 amide bonds. The Labute approximate surface area is 296 Å². The van der Waals surface area contributed by atoms with Crippen LogP contribution in [-0.2, 0) is 16.8 Å². The fourth-order valence-corrected chi connectivity index (χ4v) is 7.02. The monoisotopic (exact) mass is 710 g/mol. The van der Waals surface area contributed by atoms with E-state index in [0.717, 1.165) is 66.7 Å². The second-order valence-electron chi connectivity index (χ2n) is 13.0. The summed E-state index contributed by atoms with van der Waals surface area (Å²) in [6.45, 7) is 10.0. The van der Waals surface area contributed by atoms with Crippen molar-refractivity contribution >= 4 is 23.0 Å². The fourth-order valence-electron chi connectivity index (χ4n) is 6.29. The molecule has 10 heteroatoms. The lowest BCUT2D eigenvalue weighted by Gasteiger charge is -2.31. The van der Waals surface area contributed by atoms with Gasteiger partial charge in [0.05, 0.1) is 0 Å². The smallest absolute Gasteiger partial charge is 0.405 e. The molecule has 0 atom stereocenters. The lowest BCUT2D eigenvalue weighted by Crippen LogP contribution is -2.47. The number of fused-ring (bicyclic) bond motifs is 3. The minimum absolute atomic E-state index is 0.00546. The number of Topliss-reactive ketones (excluding diaryl/α,β-unsaturated/α-hetero) is 1. The third-order valence-electron chi connectivity index (χ3n) is 8.90. The standard InChI is InChI=1S/C27H35F3N2O.C13H11FO2S/c1-4-32(18-15-20(2)3)17-10-9-16-26(25(33)31-19-27(28,29)30)23-13-7-5-11-21(23)22-12-6-8-14-24(22)26;1-9(15)13-12(6-7-17-13)16-8-10-2-4-11(14)5-3-10/h5-8,11-14,20H,4,9-10,15-19H2,1-3H3,(H,31,33);2-7H,8H2,1H3. The Morgan fingerprint density at radius 3 is 2.08 bits per heavy atom. The second-order valence-corrected chi connectivity index (χ2v) is 13.9. The minimum atomic E-state index is -4.45. The van der Waals surface area contributed by atoms with Gasteiger partial charge in [-0.25, -0.2) is 4.39 Å². The van der Waals surface area contributed by atoms with Gasteiger partial charge in [0.1, 0.15) is 35.0 Å². The highest BCUT2D eigenvalue weighted by atomic mass is 32.1. The first-order valence-corrected chi connectivity index (χ1v) is 18.0. The van der Waals surface area contributed by atoms with Gasteiger partial charge in [-0.3, -0.25) is 9.59 Å². The molecule has 1 N–H and O–H groups in total. The zero-order chi connectivity index (χ0) is 36.3. The number of benzene rings is 3. The molecule has 0 saturated heterocycles. The van der Waals surface area contributed by atoms with Gasteiger partial charge in [0.25, 0.3) is 0 Å². The van der Waals surface area contributed by atoms with E-state index in [0.29, 0.717) is 29.6 Å². The van der Waals surface area contributed by atoms with Gasteiger partial charge in [-0.2, -0.15) is 13.2 Å². The van der Waals surface area contributed by atoms with Crippen molar-refractivity contribution in [1.82, 2.24) is 10.2 Å². The van der Waals surface area contributed by atoms with Crippen molar-refractivity contribution in [2.24, 2.45) is 5.92 Å². The van der Waals surface area contributed by atoms with E-state index in [2.05, 4.69) is 31.0 Å². The molecule has 0 aliphatic heterocycles. The molecule has 0 radical (unpaired) electrons. The Kier molecular flexibility index (Phi) is 13.8. The van der Waals surface area contributed by atoms with E-state index >= 15 is 0 Å². The maximum absolute atomic E-state index is 13.5. The van der Waals surface area contributed by atoms with Gasteiger partial charge in [0.2, 0.25) is 5.91 Å². The predicted molar refractivity (Wildman–Crippen MR) is 192 cm³/mol. The number of carbonyl (C=O) groups is 2. The molecule has 5 rings (SSSR count). The van der Waals surface area contributed by atoms with Crippen LogP contribution in [0.25, 0.3) is 11.1 Å². The Morgan fingerprint density at radius 1 is 0.900 bits per heavy atom. The molecule has 0 bridgehead atoms. The molecule has 1 aromatic heterocycles. The van der Waals surface area contributed by atoms with Crippen molar-refractivity contribution < 1.29 is 31.9 Å². The topological polar surface area (TPSA) is 58.6 Å². The molecular formula is C40H46F4N2O3S. The maximum atomic E-state index is 13.5. The summed E-state index contributed by atoms with van der Waals surface area (Å²) in [5, 5.41) is 4.02. The maximum Gasteiger partial charge on any atom is 0.405 e. The van der Waals surface area contributed by atoms with Crippen molar-refractivity contribution in [1.29, 1.82) is 0 Å². The molecule has 0 spiro atoms. The number of nitrogens with zero attached hydrogens (tertiary/aromatic N) is 1. The number of ether oxygens (including phenoxy) is 1. The average Bonchev–Trinajstić information content (AvgIpc) is 3.68. The van der Waals surface area contributed by atoms with Crippen molar-refractivity contribution in [2.75, 3.05) is 26.2 Å². The molecule has 1 heterocycles. The van der Waals surface area contributed by atoms with Crippen LogP contribution in [0.1, 0.15) is 79.7 Å². The van der Waals surface area contributed by atoms with Crippen LogP contribution in [0.15, 0.2) is 84.2 Å². The van der Waals surface area contributed by atoms with Crippen molar-refractivity contribution in [2.45, 2.75) is 71.6 Å². The zero-order valence-electron chi connectivity index (χ0n) is 29.1. The number of halogens is 4. The first kappa shape index (κ1) is 38.8. The van der Waals surface area contributed by atoms with Gasteiger partial charge in [0.15, 0.2) is 5.78 Å². The highest BCUT2D eigenvalue weighted by Gasteiger charge is 2.49. The third kappa shape index (κ3) is 10.0. The molecule has 268 valence electrons. The molecule has 3 aromatic carbocycles. The lowest BCUT2D eigenvalue weighted by atomic mass is 9.73. The molecule has 5 nitrogen and oxygen atoms in total. The normalized spacial score (nSPS) is 13.0. The minimum Gasteiger partial charge on any atom is -0.487 e. The van der Waals surface area contributed by atoms with E-state index in [4.69, 9.17) is 4.74 Å². The summed E-state index contributed by atoms with van der Waals surface area (Å²) in [6.07, 6.45) is -1.19. The lowest BCUT2D eigenvalue weighted by molar-refractivity contribution is -0.141. The van der Waals surface area contributed by atoms with Gasteiger partial charge in [-0.15, -0.1) is 11.3 Å². The average molecular weight is 711 g/mol. The van der Waals surface area contributed by atoms with Gasteiger partial charge in [0, 0.05) is 6.92 Å². The van der Waals surface area contributed by atoms with E-state index in [1.807, 2.05) is 53.9 Å². The summed E-state index contributed by atoms with van der Waals surface area (Å²) in [5.41, 5.74) is 3.24. The first-order valence-electron chi connectivity index (χ1n) is 17.1. The quantitative estimate of drug-likeness (QED) is 0.0759. The number of hydrogen-bond acceptors (Lipinski definition) is 5. The molecule has 1 aliphatic rings. The summed E-state index contributed by atoms with van der Waals surface area (Å²) >= 11 is 1.36. The van der Waals surface area contributed by atoms with E-state index in [9.17, 15) is 27.2 Å². The zero-order valence-corrected chi connectivity index (χ0v) is 29.9. The summed E-state index contributed by atoms with van der Waals surface area (Å²) < 4.78 is 57.1. The number of thiophene rings is 1. The highest BCUT2D eigenvalue weighted by Crippen LogP contribution is 2.51. The molecule has 4 aromatic rings. The van der Waals surface area contributed by atoms with Gasteiger partial charge < -0.3 is 15.0 Å². The summed E-state index contributed by atoms with van der Waals surface area (Å²) in [7, 11) is 0. The van der Waals surface area contributed by atoms with E-state index < -0.39 is 24.0 Å². The number of alkyl halides is 3. The number of rotatable bonds is 15. The van der Waals surface area contributed by atoms with E-state index in [1.54, 1.807) is 18.2 Å². The van der Waals surface area contributed by atoms with Gasteiger partial charge in [-0.05, 0) is 96.2 Å². The Hall–Kier alpha value is -4.02. The van der Waals surface area contributed by atoms with E-state index in [1.165, 1.54) is 30.4 Å². The molecule has 0 unspecified atom stereocenters. The van der Waals surface area contributed by atoms with Gasteiger partial charge in [-0.1, -0.05) is 87.9 Å². The summed E-state index contributed by atoms with van der Waals surface area (Å²) in [4.78, 5) is 27.8. The van der Waals surface area contributed by atoms with Crippen molar-refractivity contribution in [3.8, 4) is 16.9 Å². The van der Waals surface area contributed by atoms with Crippen LogP contribution in [0.3, 0.4) is 0 Å². The van der Waals surface area contributed by atoms with Crippen LogP contribution in [-0.4, -0.2) is 48.9 Å². The highest BCUT2D eigenvalue weighted by molar-refractivity contribution is 7.12. The number of carbonyl (C=O) groups excluding carboxylic acids is 2. The molecule has 0 saturated carbocycles. The molecule has 1 aliphatic carbocycles. The largest absolute Gasteiger partial charge is 0.487 e. The molecular weight excluding hydrogens is 665 g/mol. The summed E-state index contributed by atoms with van der Waals surface area (Å²) in [6, 6.07) is 23.1. The van der Waals surface area contributed by atoms with E-state index in [-0.39, 0.29) is 11.6 Å². The molecule has 0 fully saturated rings. The predicted octanol–water partition coefficient (Wildman–Crippen LogP) is 9.84. The summed E-state index contributed by atoms with van der Waals surface area (Å²) in [5.74, 6) is 0.394. The number of ketones is 1. The van der Waals surface area contributed by atoms with Crippen LogP contribution in [0.4, 0.5) is 17.6 Å². The van der Waals surface area contributed by atoms with Gasteiger partial charge >= 0.3 is 6.18 Å². The number of hydrogen-bond donors (Lipinski definition) is 1. The Bertz CT molecular complexity index is 1660. The third-order valence-corrected chi connectivity index (χ3v) is 9.90. The number of unbranched alkanes of at least 4 members (excludes halogenated alkanes) is 1. The van der Waals surface area contributed by atoms with Crippen LogP contribution in [0.2, 0.25) is 0 Å². The Balaban J connectivity index is 0.000000276. The van der Waals surface area contributed by atoms with Crippen LogP contribution < -0.4 is 10.1 Å². The number of amides is 1. The SMILES string of the molecule is CC(=O)c1sccc1OCc1ccc(F)cc1.CCN(CCCCC1(C(=O)NCC(F)(F)F)c2ccccc2-c2ccccc21)CCC(C)C. The van der Waals surface area contributed by atoms with Crippen molar-refractivity contribution in [3.05, 3.63) is 112 Å². The fraction of sp³-hybridized carbons (Fsp3) is 0.400. The molecule has 50 heavy (non-hydrogen) atoms. The van der Waals surface area contributed by atoms with Crippen LogP contribution in [0.5, 0.6) is 5.75 Å². The first-order chi connectivity index (χ1) is 23.9. The van der Waals surface area contributed by atoms with Crippen LogP contribution in [0, 0.1) is 11.7 Å². The Morgan fingerprint density at radius 2 is 1.52 bits per heavy atom. The van der Waals surface area contributed by atoms with Crippen LogP contribution >= 0.6 is 11.3 Å². The number of nitrogens with one attached hydrogen (secondary N) is 1.